The fourth-order valence-corrected chi connectivity index (χ4v) is 2.81. The Morgan fingerprint density at radius 1 is 0.923 bits per heavy atom. The largest absolute Gasteiger partial charge is 0.493 e. The van der Waals surface area contributed by atoms with Crippen LogP contribution in [0.5, 0.6) is 17.2 Å². The maximum absolute atomic E-state index is 12.3. The summed E-state index contributed by atoms with van der Waals surface area (Å²) in [5.74, 6) is 1.46. The van der Waals surface area contributed by atoms with E-state index in [1.165, 1.54) is 5.56 Å². The van der Waals surface area contributed by atoms with Crippen LogP contribution in [0.25, 0.3) is 11.8 Å². The van der Waals surface area contributed by atoms with Gasteiger partial charge in [-0.05, 0) is 42.3 Å². The Labute approximate surface area is 152 Å². The van der Waals surface area contributed by atoms with Crippen molar-refractivity contribution in [2.75, 3.05) is 21.3 Å². The van der Waals surface area contributed by atoms with Gasteiger partial charge in [0.2, 0.25) is 5.75 Å². The van der Waals surface area contributed by atoms with Gasteiger partial charge in [-0.15, -0.1) is 0 Å². The molecular weight excluding hydrogens is 330 g/mol. The number of ether oxygens (including phenoxy) is 3. The third-order valence-corrected chi connectivity index (χ3v) is 4.18. The minimum Gasteiger partial charge on any atom is -0.493 e. The highest BCUT2D eigenvalue weighted by Crippen LogP contribution is 2.39. The highest BCUT2D eigenvalue weighted by atomic mass is 16.5. The van der Waals surface area contributed by atoms with Crippen LogP contribution in [0, 0.1) is 6.92 Å². The Hall–Kier alpha value is -3.21. The maximum Gasteiger partial charge on any atom is 0.255 e. The van der Waals surface area contributed by atoms with Gasteiger partial charge in [-0.25, -0.2) is 0 Å². The molecule has 0 atom stereocenters. The van der Waals surface area contributed by atoms with E-state index in [9.17, 15) is 4.79 Å². The number of aryl methyl sites for hydroxylation is 1. The molecule has 0 saturated heterocycles. The van der Waals surface area contributed by atoms with Crippen LogP contribution >= 0.6 is 0 Å². The van der Waals surface area contributed by atoms with Crippen LogP contribution < -0.4 is 19.5 Å². The molecule has 3 rings (SSSR count). The number of carbonyl (C=O) groups excluding carboxylic acids is 1. The molecule has 134 valence electrons. The van der Waals surface area contributed by atoms with Gasteiger partial charge in [0.15, 0.2) is 11.5 Å². The van der Waals surface area contributed by atoms with E-state index in [1.807, 2.05) is 37.3 Å². The molecule has 2 aromatic carbocycles. The Balaban J connectivity index is 1.99. The number of hydrogen-bond donors (Lipinski definition) is 1. The molecule has 5 nitrogen and oxygen atoms in total. The van der Waals surface area contributed by atoms with E-state index in [2.05, 4.69) is 5.32 Å². The van der Waals surface area contributed by atoms with Crippen molar-refractivity contribution < 1.29 is 19.0 Å². The van der Waals surface area contributed by atoms with E-state index in [0.29, 0.717) is 22.8 Å². The SMILES string of the molecule is COc1cc(/C=C2\C=C(c3ccc(C)cc3)NC2=O)cc(OC)c1OC. The Morgan fingerprint density at radius 3 is 2.08 bits per heavy atom. The summed E-state index contributed by atoms with van der Waals surface area (Å²) in [6.07, 6.45) is 3.64. The summed E-state index contributed by atoms with van der Waals surface area (Å²) in [7, 11) is 4.68. The fraction of sp³-hybridized carbons (Fsp3) is 0.190. The standard InChI is InChI=1S/C21H21NO4/c1-13-5-7-15(8-6-13)17-12-16(21(23)22-17)9-14-10-18(24-2)20(26-4)19(11-14)25-3/h5-12H,1-4H3,(H,22,23)/b16-9+. The van der Waals surface area contributed by atoms with Crippen LogP contribution in [0.4, 0.5) is 0 Å². The summed E-state index contributed by atoms with van der Waals surface area (Å²) in [6, 6.07) is 11.6. The summed E-state index contributed by atoms with van der Waals surface area (Å²) in [5, 5.41) is 2.91. The number of methoxy groups -OCH3 is 3. The highest BCUT2D eigenvalue weighted by molar-refractivity contribution is 6.10. The van der Waals surface area contributed by atoms with E-state index < -0.39 is 0 Å². The van der Waals surface area contributed by atoms with Crippen LogP contribution in [0.15, 0.2) is 48.0 Å². The summed E-state index contributed by atoms with van der Waals surface area (Å²) >= 11 is 0. The zero-order valence-electron chi connectivity index (χ0n) is 15.3. The Bertz CT molecular complexity index is 870. The molecule has 1 amide bonds. The molecule has 1 heterocycles. The third-order valence-electron chi connectivity index (χ3n) is 4.18. The maximum atomic E-state index is 12.3. The topological polar surface area (TPSA) is 56.8 Å². The van der Waals surface area contributed by atoms with Gasteiger partial charge in [0, 0.05) is 11.3 Å². The molecule has 0 unspecified atom stereocenters. The van der Waals surface area contributed by atoms with E-state index in [4.69, 9.17) is 14.2 Å². The van der Waals surface area contributed by atoms with Gasteiger partial charge in [-0.1, -0.05) is 29.8 Å². The first-order valence-electron chi connectivity index (χ1n) is 8.17. The third kappa shape index (κ3) is 3.42. The van der Waals surface area contributed by atoms with Crippen molar-refractivity contribution in [3.8, 4) is 17.2 Å². The molecule has 1 N–H and O–H groups in total. The number of rotatable bonds is 5. The second kappa shape index (κ2) is 7.35. The molecule has 2 aromatic rings. The zero-order valence-corrected chi connectivity index (χ0v) is 15.3. The van der Waals surface area contributed by atoms with Gasteiger partial charge in [0.05, 0.1) is 21.3 Å². The van der Waals surface area contributed by atoms with Crippen molar-refractivity contribution in [3.63, 3.8) is 0 Å². The van der Waals surface area contributed by atoms with Gasteiger partial charge >= 0.3 is 0 Å². The van der Waals surface area contributed by atoms with Crippen molar-refractivity contribution in [2.45, 2.75) is 6.92 Å². The second-order valence-corrected chi connectivity index (χ2v) is 5.94. The monoisotopic (exact) mass is 351 g/mol. The molecule has 0 fully saturated rings. The summed E-state index contributed by atoms with van der Waals surface area (Å²) in [4.78, 5) is 12.3. The molecule has 1 aliphatic heterocycles. The Morgan fingerprint density at radius 2 is 1.54 bits per heavy atom. The van der Waals surface area contributed by atoms with Gasteiger partial charge < -0.3 is 19.5 Å². The average molecular weight is 351 g/mol. The van der Waals surface area contributed by atoms with Crippen LogP contribution in [-0.2, 0) is 4.79 Å². The number of carbonyl (C=O) groups is 1. The van der Waals surface area contributed by atoms with Crippen molar-refractivity contribution in [3.05, 3.63) is 64.7 Å². The minimum atomic E-state index is -0.144. The first-order valence-corrected chi connectivity index (χ1v) is 8.17. The van der Waals surface area contributed by atoms with E-state index in [1.54, 1.807) is 39.5 Å². The molecule has 0 aliphatic carbocycles. The normalized spacial score (nSPS) is 14.8. The van der Waals surface area contributed by atoms with Crippen LogP contribution in [0.3, 0.4) is 0 Å². The van der Waals surface area contributed by atoms with Crippen molar-refractivity contribution in [1.82, 2.24) is 5.32 Å². The molecule has 5 heteroatoms. The number of nitrogens with one attached hydrogen (secondary N) is 1. The van der Waals surface area contributed by atoms with Gasteiger partial charge in [0.1, 0.15) is 0 Å². The predicted octanol–water partition coefficient (Wildman–Crippen LogP) is 3.58. The molecule has 0 aromatic heterocycles. The summed E-state index contributed by atoms with van der Waals surface area (Å²) in [5.41, 5.74) is 4.28. The fourth-order valence-electron chi connectivity index (χ4n) is 2.81. The first-order chi connectivity index (χ1) is 12.5. The smallest absolute Gasteiger partial charge is 0.255 e. The van der Waals surface area contributed by atoms with Gasteiger partial charge in [-0.2, -0.15) is 0 Å². The molecule has 26 heavy (non-hydrogen) atoms. The average Bonchev–Trinajstić information content (AvgIpc) is 3.01. The molecule has 0 radical (unpaired) electrons. The number of hydrogen-bond acceptors (Lipinski definition) is 4. The lowest BCUT2D eigenvalue weighted by Gasteiger charge is -2.13. The molecule has 0 bridgehead atoms. The molecule has 1 aliphatic rings. The molecule has 0 spiro atoms. The lowest BCUT2D eigenvalue weighted by molar-refractivity contribution is -0.115. The summed E-state index contributed by atoms with van der Waals surface area (Å²) < 4.78 is 16.1. The number of amides is 1. The van der Waals surface area contributed by atoms with Gasteiger partial charge in [0.25, 0.3) is 5.91 Å². The van der Waals surface area contributed by atoms with E-state index in [0.717, 1.165) is 16.8 Å². The van der Waals surface area contributed by atoms with Crippen molar-refractivity contribution in [2.24, 2.45) is 0 Å². The molecular formula is C21H21NO4. The predicted molar refractivity (Wildman–Crippen MR) is 101 cm³/mol. The van der Waals surface area contributed by atoms with Crippen LogP contribution in [-0.4, -0.2) is 27.2 Å². The van der Waals surface area contributed by atoms with Crippen LogP contribution in [0.2, 0.25) is 0 Å². The van der Waals surface area contributed by atoms with Crippen molar-refractivity contribution in [1.29, 1.82) is 0 Å². The van der Waals surface area contributed by atoms with Crippen LogP contribution in [0.1, 0.15) is 16.7 Å². The Kier molecular flexibility index (Phi) is 4.98. The minimum absolute atomic E-state index is 0.144. The highest BCUT2D eigenvalue weighted by Gasteiger charge is 2.20. The second-order valence-electron chi connectivity index (χ2n) is 5.94. The zero-order chi connectivity index (χ0) is 18.7. The first kappa shape index (κ1) is 17.6. The quantitative estimate of drug-likeness (QED) is 0.837. The number of benzene rings is 2. The van der Waals surface area contributed by atoms with Crippen molar-refractivity contribution >= 4 is 17.7 Å². The van der Waals surface area contributed by atoms with E-state index >= 15 is 0 Å². The lowest BCUT2D eigenvalue weighted by Crippen LogP contribution is -2.15. The van der Waals surface area contributed by atoms with E-state index in [-0.39, 0.29) is 5.91 Å². The van der Waals surface area contributed by atoms with Gasteiger partial charge in [-0.3, -0.25) is 4.79 Å². The summed E-state index contributed by atoms with van der Waals surface area (Å²) in [6.45, 7) is 2.03. The molecule has 0 saturated carbocycles. The lowest BCUT2D eigenvalue weighted by atomic mass is 10.1.